The van der Waals surface area contributed by atoms with Gasteiger partial charge in [-0.3, -0.25) is 18.9 Å². The zero-order chi connectivity index (χ0) is 18.1. The normalized spacial score (nSPS) is 20.8. The number of nitrogens with one attached hydrogen (secondary N) is 1. The highest BCUT2D eigenvalue weighted by Crippen LogP contribution is 2.23. The third kappa shape index (κ3) is 3.05. The predicted molar refractivity (Wildman–Crippen MR) is 91.0 cm³/mol. The number of likely N-dealkylation sites (N-methyl/N-ethyl adjacent to an activating group) is 1. The van der Waals surface area contributed by atoms with E-state index < -0.39 is 18.1 Å². The Labute approximate surface area is 145 Å². The highest BCUT2D eigenvalue weighted by atomic mass is 16.5. The lowest BCUT2D eigenvalue weighted by molar-refractivity contribution is -0.142. The van der Waals surface area contributed by atoms with E-state index in [1.165, 1.54) is 0 Å². The van der Waals surface area contributed by atoms with Gasteiger partial charge < -0.3 is 15.2 Å². The first-order valence-corrected chi connectivity index (χ1v) is 8.28. The van der Waals surface area contributed by atoms with E-state index >= 15 is 0 Å². The van der Waals surface area contributed by atoms with Crippen LogP contribution in [0.4, 0.5) is 0 Å². The summed E-state index contributed by atoms with van der Waals surface area (Å²) in [6, 6.07) is 2.44. The van der Waals surface area contributed by atoms with Gasteiger partial charge in [-0.2, -0.15) is 0 Å². The van der Waals surface area contributed by atoms with Gasteiger partial charge in [0, 0.05) is 12.7 Å². The van der Waals surface area contributed by atoms with Crippen LogP contribution < -0.4 is 10.1 Å². The number of hydrogen-bond donors (Lipinski definition) is 2. The largest absolute Gasteiger partial charge is 0.490 e. The van der Waals surface area contributed by atoms with Crippen LogP contribution in [-0.2, 0) is 4.79 Å². The number of fused-ring (bicyclic) bond motifs is 1. The Morgan fingerprint density at radius 3 is 2.92 bits per heavy atom. The Bertz CT molecular complexity index is 816. The standard InChI is InChI=1S/C17H22N4O4/c1-4-25-12-6-5-8-21-13(10(2)18-15(12)21)16(22)19-11-7-9-20(3)14(11)17(23)24/h5-6,8,11,14H,4,7,9H2,1-3H3,(H,19,22)(H,23,24)/t11-,14+/m1/s1. The second kappa shape index (κ2) is 6.72. The molecule has 1 aliphatic heterocycles. The molecular weight excluding hydrogens is 324 g/mol. The summed E-state index contributed by atoms with van der Waals surface area (Å²) in [7, 11) is 1.75. The monoisotopic (exact) mass is 346 g/mol. The number of imidazole rings is 1. The number of aliphatic carboxylic acids is 1. The molecule has 8 heteroatoms. The van der Waals surface area contributed by atoms with Gasteiger partial charge in [0.05, 0.1) is 18.3 Å². The van der Waals surface area contributed by atoms with Crippen molar-refractivity contribution in [2.75, 3.05) is 20.2 Å². The average molecular weight is 346 g/mol. The van der Waals surface area contributed by atoms with E-state index in [4.69, 9.17) is 4.74 Å². The van der Waals surface area contributed by atoms with E-state index in [-0.39, 0.29) is 5.91 Å². The first-order valence-electron chi connectivity index (χ1n) is 8.28. The topological polar surface area (TPSA) is 96.2 Å². The zero-order valence-corrected chi connectivity index (χ0v) is 14.5. The minimum absolute atomic E-state index is 0.329. The highest BCUT2D eigenvalue weighted by Gasteiger charge is 2.38. The zero-order valence-electron chi connectivity index (χ0n) is 14.5. The number of nitrogens with zero attached hydrogens (tertiary/aromatic N) is 3. The van der Waals surface area contributed by atoms with Crippen molar-refractivity contribution in [1.29, 1.82) is 0 Å². The quantitative estimate of drug-likeness (QED) is 0.836. The van der Waals surface area contributed by atoms with Crippen molar-refractivity contribution in [2.45, 2.75) is 32.4 Å². The minimum Gasteiger partial charge on any atom is -0.490 e. The second-order valence-electron chi connectivity index (χ2n) is 6.18. The summed E-state index contributed by atoms with van der Waals surface area (Å²) in [5.41, 5.74) is 1.54. The molecule has 0 aromatic carbocycles. The molecule has 2 aromatic heterocycles. The number of carbonyl (C=O) groups is 2. The number of aromatic nitrogens is 2. The van der Waals surface area contributed by atoms with Crippen LogP contribution in [0, 0.1) is 6.92 Å². The van der Waals surface area contributed by atoms with Crippen LogP contribution >= 0.6 is 0 Å². The first kappa shape index (κ1) is 17.2. The minimum atomic E-state index is -0.932. The van der Waals surface area contributed by atoms with Gasteiger partial charge in [-0.1, -0.05) is 0 Å². The Balaban J connectivity index is 1.91. The number of hydrogen-bond acceptors (Lipinski definition) is 5. The van der Waals surface area contributed by atoms with Crippen molar-refractivity contribution in [3.8, 4) is 5.75 Å². The fourth-order valence-electron chi connectivity index (χ4n) is 3.39. The summed E-state index contributed by atoms with van der Waals surface area (Å²) < 4.78 is 7.25. The molecule has 8 nitrogen and oxygen atoms in total. The molecule has 2 aromatic rings. The highest BCUT2D eigenvalue weighted by molar-refractivity contribution is 5.95. The van der Waals surface area contributed by atoms with E-state index in [2.05, 4.69) is 10.3 Å². The van der Waals surface area contributed by atoms with E-state index in [0.29, 0.717) is 42.4 Å². The summed E-state index contributed by atoms with van der Waals surface area (Å²) in [5, 5.41) is 12.3. The van der Waals surface area contributed by atoms with Gasteiger partial charge in [0.1, 0.15) is 11.7 Å². The molecule has 2 atom stereocenters. The van der Waals surface area contributed by atoms with Crippen LogP contribution in [0.15, 0.2) is 18.3 Å². The molecule has 0 unspecified atom stereocenters. The van der Waals surface area contributed by atoms with Gasteiger partial charge >= 0.3 is 5.97 Å². The van der Waals surface area contributed by atoms with Crippen LogP contribution in [0.3, 0.4) is 0 Å². The Hall–Kier alpha value is -2.61. The molecule has 0 radical (unpaired) electrons. The molecule has 0 aliphatic carbocycles. The molecule has 1 amide bonds. The number of carbonyl (C=O) groups excluding carboxylic acids is 1. The summed E-state index contributed by atoms with van der Waals surface area (Å²) >= 11 is 0. The lowest BCUT2D eigenvalue weighted by atomic mass is 10.1. The fraction of sp³-hybridized carbons (Fsp3) is 0.471. The van der Waals surface area contributed by atoms with E-state index in [9.17, 15) is 14.7 Å². The number of carboxylic acid groups (broad SMARTS) is 1. The molecule has 0 spiro atoms. The third-order valence-electron chi connectivity index (χ3n) is 4.52. The number of ether oxygens (including phenoxy) is 1. The smallest absolute Gasteiger partial charge is 0.323 e. The van der Waals surface area contributed by atoms with Crippen molar-refractivity contribution in [2.24, 2.45) is 0 Å². The third-order valence-corrected chi connectivity index (χ3v) is 4.52. The molecular formula is C17H22N4O4. The van der Waals surface area contributed by atoms with Crippen molar-refractivity contribution in [1.82, 2.24) is 19.6 Å². The van der Waals surface area contributed by atoms with Gasteiger partial charge in [0.2, 0.25) is 0 Å². The van der Waals surface area contributed by atoms with Crippen LogP contribution in [-0.4, -0.2) is 63.6 Å². The Morgan fingerprint density at radius 1 is 1.48 bits per heavy atom. The molecule has 3 heterocycles. The average Bonchev–Trinajstić information content (AvgIpc) is 3.07. The Morgan fingerprint density at radius 2 is 2.24 bits per heavy atom. The lowest BCUT2D eigenvalue weighted by Crippen LogP contribution is -2.48. The van der Waals surface area contributed by atoms with Crippen molar-refractivity contribution < 1.29 is 19.4 Å². The van der Waals surface area contributed by atoms with Crippen LogP contribution in [0.2, 0.25) is 0 Å². The maximum atomic E-state index is 12.8. The number of rotatable bonds is 5. The molecule has 0 saturated carbocycles. The SMILES string of the molecule is CCOc1cccn2c(C(=O)N[C@@H]3CCN(C)[C@@H]3C(=O)O)c(C)nc12. The Kier molecular flexibility index (Phi) is 4.63. The maximum absolute atomic E-state index is 12.8. The van der Waals surface area contributed by atoms with Gasteiger partial charge in [0.25, 0.3) is 5.91 Å². The molecule has 1 fully saturated rings. The summed E-state index contributed by atoms with van der Waals surface area (Å²) in [5.74, 6) is -0.653. The van der Waals surface area contributed by atoms with E-state index in [0.717, 1.165) is 0 Å². The number of amides is 1. The van der Waals surface area contributed by atoms with E-state index in [1.54, 1.807) is 41.6 Å². The van der Waals surface area contributed by atoms with Crippen LogP contribution in [0.5, 0.6) is 5.75 Å². The van der Waals surface area contributed by atoms with Crippen molar-refractivity contribution in [3.63, 3.8) is 0 Å². The fourth-order valence-corrected chi connectivity index (χ4v) is 3.39. The number of aryl methyl sites for hydroxylation is 1. The van der Waals surface area contributed by atoms with Crippen LogP contribution in [0.25, 0.3) is 5.65 Å². The van der Waals surface area contributed by atoms with Crippen molar-refractivity contribution in [3.05, 3.63) is 29.7 Å². The molecule has 25 heavy (non-hydrogen) atoms. The number of carboxylic acids is 1. The van der Waals surface area contributed by atoms with Crippen molar-refractivity contribution >= 4 is 17.5 Å². The van der Waals surface area contributed by atoms with Gasteiger partial charge in [-0.25, -0.2) is 4.98 Å². The molecule has 134 valence electrons. The molecule has 1 aliphatic rings. The van der Waals surface area contributed by atoms with Gasteiger partial charge in [-0.15, -0.1) is 0 Å². The van der Waals surface area contributed by atoms with Crippen LogP contribution in [0.1, 0.15) is 29.5 Å². The number of pyridine rings is 1. The molecule has 0 bridgehead atoms. The number of likely N-dealkylation sites (tertiary alicyclic amines) is 1. The lowest BCUT2D eigenvalue weighted by Gasteiger charge is -2.21. The first-order chi connectivity index (χ1) is 11.9. The molecule has 1 saturated heterocycles. The summed E-state index contributed by atoms with van der Waals surface area (Å²) in [4.78, 5) is 30.5. The van der Waals surface area contributed by atoms with E-state index in [1.807, 2.05) is 6.92 Å². The summed E-state index contributed by atoms with van der Waals surface area (Å²) in [6.07, 6.45) is 2.35. The summed E-state index contributed by atoms with van der Waals surface area (Å²) in [6.45, 7) is 4.77. The predicted octanol–water partition coefficient (Wildman–Crippen LogP) is 0.929. The molecule has 3 rings (SSSR count). The van der Waals surface area contributed by atoms with Gasteiger partial charge in [-0.05, 0) is 39.4 Å². The maximum Gasteiger partial charge on any atom is 0.323 e. The second-order valence-corrected chi connectivity index (χ2v) is 6.18. The van der Waals surface area contributed by atoms with Gasteiger partial charge in [0.15, 0.2) is 11.4 Å². The molecule has 2 N–H and O–H groups in total.